The first kappa shape index (κ1) is 16.2. The van der Waals surface area contributed by atoms with E-state index >= 15 is 0 Å². The van der Waals surface area contributed by atoms with Crippen LogP contribution in [0.5, 0.6) is 0 Å². The fraction of sp³-hybridized carbons (Fsp3) is 0.941. The maximum Gasteiger partial charge on any atom is 0.224 e. The van der Waals surface area contributed by atoms with E-state index in [2.05, 4.69) is 10.2 Å². The van der Waals surface area contributed by atoms with Gasteiger partial charge in [-0.1, -0.05) is 6.42 Å². The van der Waals surface area contributed by atoms with Gasteiger partial charge in [-0.15, -0.1) is 0 Å². The number of carbonyl (C=O) groups is 1. The monoisotopic (exact) mass is 310 g/mol. The molecule has 3 rings (SSSR count). The second-order valence-electron chi connectivity index (χ2n) is 7.34. The van der Waals surface area contributed by atoms with Crippen molar-refractivity contribution >= 4 is 5.91 Å². The van der Waals surface area contributed by atoms with Crippen molar-refractivity contribution in [2.75, 3.05) is 39.5 Å². The molecule has 5 nitrogen and oxygen atoms in total. The molecule has 3 aliphatic rings. The molecular formula is C17H30N2O3. The Labute approximate surface area is 133 Å². The van der Waals surface area contributed by atoms with Gasteiger partial charge in [0, 0.05) is 31.2 Å². The number of piperidine rings is 2. The van der Waals surface area contributed by atoms with E-state index in [1.807, 2.05) is 0 Å². The van der Waals surface area contributed by atoms with Crippen LogP contribution in [-0.4, -0.2) is 61.4 Å². The van der Waals surface area contributed by atoms with Crippen LogP contribution in [0.1, 0.15) is 44.9 Å². The number of aliphatic hydroxyl groups excluding tert-OH is 1. The third-order valence-electron chi connectivity index (χ3n) is 5.95. The third kappa shape index (κ3) is 3.47. The Morgan fingerprint density at radius 3 is 2.73 bits per heavy atom. The Kier molecular flexibility index (Phi) is 5.37. The molecule has 0 spiro atoms. The number of ether oxygens (including phenoxy) is 1. The zero-order valence-corrected chi connectivity index (χ0v) is 13.6. The van der Waals surface area contributed by atoms with E-state index in [-0.39, 0.29) is 23.8 Å². The van der Waals surface area contributed by atoms with Crippen LogP contribution in [0.15, 0.2) is 0 Å². The predicted molar refractivity (Wildman–Crippen MR) is 84.5 cm³/mol. The van der Waals surface area contributed by atoms with Gasteiger partial charge in [-0.05, 0) is 51.6 Å². The van der Waals surface area contributed by atoms with E-state index in [0.717, 1.165) is 45.2 Å². The molecule has 3 fully saturated rings. The van der Waals surface area contributed by atoms with Crippen LogP contribution in [0, 0.1) is 11.3 Å². The second kappa shape index (κ2) is 7.28. The highest BCUT2D eigenvalue weighted by molar-refractivity contribution is 5.79. The first-order chi connectivity index (χ1) is 10.7. The van der Waals surface area contributed by atoms with Gasteiger partial charge in [-0.2, -0.15) is 0 Å². The van der Waals surface area contributed by atoms with Crippen molar-refractivity contribution in [2.24, 2.45) is 11.3 Å². The number of aliphatic hydroxyl groups is 1. The van der Waals surface area contributed by atoms with Gasteiger partial charge in [-0.3, -0.25) is 9.69 Å². The lowest BCUT2D eigenvalue weighted by Crippen LogP contribution is -2.54. The molecule has 3 saturated heterocycles. The van der Waals surface area contributed by atoms with Crippen molar-refractivity contribution < 1.29 is 14.6 Å². The summed E-state index contributed by atoms with van der Waals surface area (Å²) in [6.45, 7) is 4.43. The minimum atomic E-state index is -0.172. The molecule has 0 aromatic carbocycles. The molecule has 126 valence electrons. The van der Waals surface area contributed by atoms with E-state index in [9.17, 15) is 9.90 Å². The topological polar surface area (TPSA) is 61.8 Å². The largest absolute Gasteiger partial charge is 0.396 e. The minimum Gasteiger partial charge on any atom is -0.396 e. The Hall–Kier alpha value is -0.650. The molecule has 0 saturated carbocycles. The summed E-state index contributed by atoms with van der Waals surface area (Å²) in [6.07, 6.45) is 7.52. The molecular weight excluding hydrogens is 280 g/mol. The molecule has 0 unspecified atom stereocenters. The summed E-state index contributed by atoms with van der Waals surface area (Å²) < 4.78 is 5.39. The maximum absolute atomic E-state index is 12.7. The van der Waals surface area contributed by atoms with Crippen LogP contribution >= 0.6 is 0 Å². The molecule has 2 N–H and O–H groups in total. The number of hydrogen-bond donors (Lipinski definition) is 2. The van der Waals surface area contributed by atoms with Gasteiger partial charge in [0.1, 0.15) is 0 Å². The normalized spacial score (nSPS) is 32.2. The van der Waals surface area contributed by atoms with Crippen molar-refractivity contribution in [1.29, 1.82) is 0 Å². The summed E-state index contributed by atoms with van der Waals surface area (Å²) >= 11 is 0. The van der Waals surface area contributed by atoms with Crippen LogP contribution in [0.25, 0.3) is 0 Å². The molecule has 3 heterocycles. The Bertz CT molecular complexity index is 380. The number of nitrogens with one attached hydrogen (secondary N) is 1. The Balaban J connectivity index is 1.56. The molecule has 1 amide bonds. The van der Waals surface area contributed by atoms with Gasteiger partial charge < -0.3 is 15.2 Å². The van der Waals surface area contributed by atoms with Crippen molar-refractivity contribution in [3.63, 3.8) is 0 Å². The van der Waals surface area contributed by atoms with E-state index in [0.29, 0.717) is 25.8 Å². The Morgan fingerprint density at radius 1 is 1.18 bits per heavy atom. The SMILES string of the molecule is O=C(NCC1(CO)CCOCC1)[C@@H]1CCCN2CCCC[C@H]12. The highest BCUT2D eigenvalue weighted by atomic mass is 16.5. The fourth-order valence-corrected chi connectivity index (χ4v) is 4.36. The zero-order chi connectivity index (χ0) is 15.4. The number of fused-ring (bicyclic) bond motifs is 1. The molecule has 0 aromatic rings. The van der Waals surface area contributed by atoms with E-state index in [1.165, 1.54) is 12.8 Å². The lowest BCUT2D eigenvalue weighted by molar-refractivity contribution is -0.131. The third-order valence-corrected chi connectivity index (χ3v) is 5.95. The smallest absolute Gasteiger partial charge is 0.224 e. The van der Waals surface area contributed by atoms with Crippen LogP contribution in [0.4, 0.5) is 0 Å². The van der Waals surface area contributed by atoms with Gasteiger partial charge in [0.15, 0.2) is 0 Å². The van der Waals surface area contributed by atoms with Gasteiger partial charge in [-0.25, -0.2) is 0 Å². The highest BCUT2D eigenvalue weighted by Gasteiger charge is 2.38. The summed E-state index contributed by atoms with van der Waals surface area (Å²) in [6, 6.07) is 0.447. The summed E-state index contributed by atoms with van der Waals surface area (Å²) in [5, 5.41) is 12.9. The average molecular weight is 310 g/mol. The van der Waals surface area contributed by atoms with Crippen molar-refractivity contribution in [3.8, 4) is 0 Å². The quantitative estimate of drug-likeness (QED) is 0.818. The molecule has 0 bridgehead atoms. The zero-order valence-electron chi connectivity index (χ0n) is 13.6. The van der Waals surface area contributed by atoms with E-state index in [1.54, 1.807) is 0 Å². The number of amides is 1. The van der Waals surface area contributed by atoms with Gasteiger partial charge in [0.05, 0.1) is 12.5 Å². The van der Waals surface area contributed by atoms with E-state index < -0.39 is 0 Å². The molecule has 0 aromatic heterocycles. The number of hydrogen-bond acceptors (Lipinski definition) is 4. The van der Waals surface area contributed by atoms with Crippen LogP contribution in [0.2, 0.25) is 0 Å². The summed E-state index contributed by atoms with van der Waals surface area (Å²) in [7, 11) is 0. The molecule has 3 aliphatic heterocycles. The van der Waals surface area contributed by atoms with Crippen LogP contribution in [0.3, 0.4) is 0 Å². The summed E-state index contributed by atoms with van der Waals surface area (Å²) in [5.74, 6) is 0.348. The first-order valence-corrected chi connectivity index (χ1v) is 8.94. The summed E-state index contributed by atoms with van der Waals surface area (Å²) in [4.78, 5) is 15.2. The van der Waals surface area contributed by atoms with Gasteiger partial charge in [0.25, 0.3) is 0 Å². The minimum absolute atomic E-state index is 0.136. The lowest BCUT2D eigenvalue weighted by Gasteiger charge is -2.44. The average Bonchev–Trinajstić information content (AvgIpc) is 2.60. The Morgan fingerprint density at radius 2 is 1.95 bits per heavy atom. The van der Waals surface area contributed by atoms with Crippen LogP contribution < -0.4 is 5.32 Å². The molecule has 0 aliphatic carbocycles. The number of nitrogens with zero attached hydrogens (tertiary/aromatic N) is 1. The molecule has 22 heavy (non-hydrogen) atoms. The number of rotatable bonds is 4. The summed E-state index contributed by atoms with van der Waals surface area (Å²) in [5.41, 5.74) is -0.172. The lowest BCUT2D eigenvalue weighted by atomic mass is 9.80. The second-order valence-corrected chi connectivity index (χ2v) is 7.34. The van der Waals surface area contributed by atoms with Crippen molar-refractivity contribution in [1.82, 2.24) is 10.2 Å². The van der Waals surface area contributed by atoms with Gasteiger partial charge >= 0.3 is 0 Å². The van der Waals surface area contributed by atoms with Crippen molar-refractivity contribution in [3.05, 3.63) is 0 Å². The first-order valence-electron chi connectivity index (χ1n) is 8.94. The standard InChI is InChI=1S/C17H30N2O3/c20-13-17(6-10-22-11-7-17)12-18-16(21)14-4-3-9-19-8-2-1-5-15(14)19/h14-15,20H,1-13H2,(H,18,21)/t14-,15-/m1/s1. The molecule has 2 atom stereocenters. The molecule has 0 radical (unpaired) electrons. The van der Waals surface area contributed by atoms with E-state index in [4.69, 9.17) is 4.74 Å². The maximum atomic E-state index is 12.7. The predicted octanol–water partition coefficient (Wildman–Crippen LogP) is 1.16. The van der Waals surface area contributed by atoms with Crippen molar-refractivity contribution in [2.45, 2.75) is 51.0 Å². The van der Waals surface area contributed by atoms with Gasteiger partial charge in [0.2, 0.25) is 5.91 Å². The number of carbonyl (C=O) groups excluding carboxylic acids is 1. The highest BCUT2D eigenvalue weighted by Crippen LogP contribution is 2.32. The van der Waals surface area contributed by atoms with Crippen LogP contribution in [-0.2, 0) is 9.53 Å². The fourth-order valence-electron chi connectivity index (χ4n) is 4.36. The molecule has 5 heteroatoms.